The molecule has 1 unspecified atom stereocenters. The van der Waals surface area contributed by atoms with Gasteiger partial charge in [-0.15, -0.1) is 17.0 Å². The third-order valence-electron chi connectivity index (χ3n) is 3.76. The van der Waals surface area contributed by atoms with Crippen molar-refractivity contribution in [1.82, 2.24) is 4.90 Å². The Hall–Kier alpha value is -0.540. The molecular formula is C14H22BrNO. The minimum Gasteiger partial charge on any atom is -0.508 e. The molecule has 0 aromatic heterocycles. The van der Waals surface area contributed by atoms with E-state index in [0.717, 1.165) is 25.9 Å². The Morgan fingerprint density at radius 3 is 2.65 bits per heavy atom. The standard InChI is InChI=1S/C14H21NO.BrH/c1-3-15(4-2)12-8-9-13-11(10-12)6-5-7-14(13)16;/h5-7,12,16H,3-4,8-10H2,1-2H3;1H. The van der Waals surface area contributed by atoms with E-state index in [4.69, 9.17) is 0 Å². The average Bonchev–Trinajstić information content (AvgIpc) is 2.31. The summed E-state index contributed by atoms with van der Waals surface area (Å²) < 4.78 is 0. The Morgan fingerprint density at radius 1 is 1.29 bits per heavy atom. The summed E-state index contributed by atoms with van der Waals surface area (Å²) in [5.41, 5.74) is 2.51. The fourth-order valence-electron chi connectivity index (χ4n) is 2.82. The summed E-state index contributed by atoms with van der Waals surface area (Å²) in [6, 6.07) is 6.57. The van der Waals surface area contributed by atoms with Crippen molar-refractivity contribution in [3.05, 3.63) is 29.3 Å². The fraction of sp³-hybridized carbons (Fsp3) is 0.571. The van der Waals surface area contributed by atoms with E-state index >= 15 is 0 Å². The number of hydrogen-bond donors (Lipinski definition) is 1. The van der Waals surface area contributed by atoms with Gasteiger partial charge in [0.2, 0.25) is 0 Å². The molecule has 0 radical (unpaired) electrons. The van der Waals surface area contributed by atoms with Gasteiger partial charge in [-0.1, -0.05) is 26.0 Å². The number of hydrogen-bond acceptors (Lipinski definition) is 2. The van der Waals surface area contributed by atoms with Crippen LogP contribution >= 0.6 is 17.0 Å². The zero-order chi connectivity index (χ0) is 11.5. The van der Waals surface area contributed by atoms with Crippen molar-refractivity contribution >= 4 is 17.0 Å². The van der Waals surface area contributed by atoms with E-state index in [0.29, 0.717) is 11.8 Å². The van der Waals surface area contributed by atoms with Crippen molar-refractivity contribution in [2.75, 3.05) is 13.1 Å². The maximum Gasteiger partial charge on any atom is 0.119 e. The van der Waals surface area contributed by atoms with Crippen LogP contribution < -0.4 is 0 Å². The first-order valence-corrected chi connectivity index (χ1v) is 6.30. The average molecular weight is 300 g/mol. The number of likely N-dealkylation sites (N-methyl/N-ethyl adjacent to an activating group) is 1. The zero-order valence-corrected chi connectivity index (χ0v) is 12.4. The number of aromatic hydroxyl groups is 1. The molecule has 1 aliphatic rings. The topological polar surface area (TPSA) is 23.5 Å². The molecule has 0 aliphatic heterocycles. The summed E-state index contributed by atoms with van der Waals surface area (Å²) in [7, 11) is 0. The third-order valence-corrected chi connectivity index (χ3v) is 3.76. The van der Waals surface area contributed by atoms with Crippen LogP contribution in [-0.2, 0) is 12.8 Å². The molecule has 1 aliphatic carbocycles. The van der Waals surface area contributed by atoms with Gasteiger partial charge in [0.15, 0.2) is 0 Å². The lowest BCUT2D eigenvalue weighted by atomic mass is 9.87. The van der Waals surface area contributed by atoms with E-state index in [1.54, 1.807) is 6.07 Å². The Bertz CT molecular complexity index is 363. The summed E-state index contributed by atoms with van der Waals surface area (Å²) >= 11 is 0. The summed E-state index contributed by atoms with van der Waals surface area (Å²) in [4.78, 5) is 2.52. The first-order valence-electron chi connectivity index (χ1n) is 6.30. The predicted molar refractivity (Wildman–Crippen MR) is 77.2 cm³/mol. The van der Waals surface area contributed by atoms with Gasteiger partial charge in [0.1, 0.15) is 5.75 Å². The largest absolute Gasteiger partial charge is 0.508 e. The van der Waals surface area contributed by atoms with Crippen LogP contribution in [0.3, 0.4) is 0 Å². The fourth-order valence-corrected chi connectivity index (χ4v) is 2.82. The highest BCUT2D eigenvalue weighted by Gasteiger charge is 2.23. The summed E-state index contributed by atoms with van der Waals surface area (Å²) in [6.07, 6.45) is 3.28. The SMILES string of the molecule is Br.CCN(CC)C1CCc2c(O)cccc2C1. The van der Waals surface area contributed by atoms with Crippen LogP contribution in [0.2, 0.25) is 0 Å². The molecule has 1 N–H and O–H groups in total. The van der Waals surface area contributed by atoms with Crippen molar-refractivity contribution < 1.29 is 5.11 Å². The van der Waals surface area contributed by atoms with E-state index in [-0.39, 0.29) is 17.0 Å². The number of fused-ring (bicyclic) bond motifs is 1. The summed E-state index contributed by atoms with van der Waals surface area (Å²) in [5, 5.41) is 9.78. The van der Waals surface area contributed by atoms with Crippen molar-refractivity contribution in [2.45, 2.75) is 39.2 Å². The van der Waals surface area contributed by atoms with Gasteiger partial charge in [-0.05, 0) is 49.5 Å². The van der Waals surface area contributed by atoms with Crippen LogP contribution in [0.15, 0.2) is 18.2 Å². The maximum absolute atomic E-state index is 9.78. The molecule has 0 heterocycles. The lowest BCUT2D eigenvalue weighted by Gasteiger charge is -2.33. The van der Waals surface area contributed by atoms with E-state index in [9.17, 15) is 5.11 Å². The molecule has 17 heavy (non-hydrogen) atoms. The van der Waals surface area contributed by atoms with E-state index in [1.807, 2.05) is 6.07 Å². The molecule has 96 valence electrons. The van der Waals surface area contributed by atoms with Gasteiger partial charge in [0.25, 0.3) is 0 Å². The first kappa shape index (κ1) is 14.5. The lowest BCUT2D eigenvalue weighted by molar-refractivity contribution is 0.198. The molecule has 0 fully saturated rings. The van der Waals surface area contributed by atoms with Gasteiger partial charge < -0.3 is 10.0 Å². The summed E-state index contributed by atoms with van der Waals surface area (Å²) in [5.74, 6) is 0.482. The number of phenols is 1. The molecule has 2 rings (SSSR count). The van der Waals surface area contributed by atoms with Crippen LogP contribution in [0, 0.1) is 0 Å². The van der Waals surface area contributed by atoms with Crippen molar-refractivity contribution in [3.8, 4) is 5.75 Å². The Kier molecular flexibility index (Phi) is 5.47. The molecule has 0 bridgehead atoms. The molecule has 3 heteroatoms. The second-order valence-corrected chi connectivity index (χ2v) is 4.53. The number of rotatable bonds is 3. The first-order chi connectivity index (χ1) is 7.76. The quantitative estimate of drug-likeness (QED) is 0.927. The highest BCUT2D eigenvalue weighted by atomic mass is 79.9. The van der Waals surface area contributed by atoms with Gasteiger partial charge in [-0.3, -0.25) is 0 Å². The third kappa shape index (κ3) is 3.02. The van der Waals surface area contributed by atoms with Crippen LogP contribution in [0.4, 0.5) is 0 Å². The Morgan fingerprint density at radius 2 is 2.00 bits per heavy atom. The highest BCUT2D eigenvalue weighted by molar-refractivity contribution is 8.93. The molecular weight excluding hydrogens is 278 g/mol. The smallest absolute Gasteiger partial charge is 0.119 e. The van der Waals surface area contributed by atoms with Gasteiger partial charge in [0.05, 0.1) is 0 Å². The summed E-state index contributed by atoms with van der Waals surface area (Å²) in [6.45, 7) is 6.69. The van der Waals surface area contributed by atoms with E-state index < -0.39 is 0 Å². The van der Waals surface area contributed by atoms with Crippen molar-refractivity contribution in [1.29, 1.82) is 0 Å². The molecule has 1 aromatic carbocycles. The molecule has 1 aromatic rings. The number of benzene rings is 1. The van der Waals surface area contributed by atoms with Crippen LogP contribution in [-0.4, -0.2) is 29.1 Å². The minimum atomic E-state index is 0. The minimum absolute atomic E-state index is 0. The molecule has 0 amide bonds. The second-order valence-electron chi connectivity index (χ2n) is 4.53. The number of nitrogens with zero attached hydrogens (tertiary/aromatic N) is 1. The number of halogens is 1. The molecule has 0 saturated carbocycles. The van der Waals surface area contributed by atoms with Gasteiger partial charge in [-0.25, -0.2) is 0 Å². The van der Waals surface area contributed by atoms with Crippen LogP contribution in [0.25, 0.3) is 0 Å². The maximum atomic E-state index is 9.78. The lowest BCUT2D eigenvalue weighted by Crippen LogP contribution is -2.39. The van der Waals surface area contributed by atoms with E-state index in [2.05, 4.69) is 24.8 Å². The molecule has 2 nitrogen and oxygen atoms in total. The normalized spacial score (nSPS) is 18.6. The molecule has 0 saturated heterocycles. The predicted octanol–water partition coefficient (Wildman–Crippen LogP) is 3.17. The molecule has 1 atom stereocenters. The zero-order valence-electron chi connectivity index (χ0n) is 10.6. The highest BCUT2D eigenvalue weighted by Crippen LogP contribution is 2.30. The van der Waals surface area contributed by atoms with Crippen molar-refractivity contribution in [3.63, 3.8) is 0 Å². The van der Waals surface area contributed by atoms with Crippen LogP contribution in [0.1, 0.15) is 31.4 Å². The number of phenolic OH excluding ortho intramolecular Hbond substituents is 1. The van der Waals surface area contributed by atoms with Crippen molar-refractivity contribution in [2.24, 2.45) is 0 Å². The van der Waals surface area contributed by atoms with Gasteiger partial charge in [0, 0.05) is 6.04 Å². The Balaban J connectivity index is 0.00000144. The van der Waals surface area contributed by atoms with Gasteiger partial charge in [-0.2, -0.15) is 0 Å². The van der Waals surface area contributed by atoms with Gasteiger partial charge >= 0.3 is 0 Å². The van der Waals surface area contributed by atoms with E-state index in [1.165, 1.54) is 17.5 Å². The second kappa shape index (κ2) is 6.41. The Labute approximate surface area is 114 Å². The molecule has 0 spiro atoms. The van der Waals surface area contributed by atoms with Crippen LogP contribution in [0.5, 0.6) is 5.75 Å². The monoisotopic (exact) mass is 299 g/mol.